The van der Waals surface area contributed by atoms with Crippen LogP contribution in [-0.2, 0) is 7.05 Å². The van der Waals surface area contributed by atoms with Gasteiger partial charge in [-0.2, -0.15) is 10.2 Å². The molecular weight excluding hydrogens is 228 g/mol. The second-order valence-electron chi connectivity index (χ2n) is 4.28. The molecule has 0 saturated carbocycles. The summed E-state index contributed by atoms with van der Waals surface area (Å²) in [4.78, 5) is 10.7. The van der Waals surface area contributed by atoms with Crippen molar-refractivity contribution in [2.75, 3.05) is 0 Å². The van der Waals surface area contributed by atoms with E-state index in [1.165, 1.54) is 0 Å². The van der Waals surface area contributed by atoms with Gasteiger partial charge in [0.25, 0.3) is 0 Å². The Bertz CT molecular complexity index is 739. The molecule has 0 atom stereocenters. The molecule has 0 fully saturated rings. The number of hydrogen-bond acceptors (Lipinski definition) is 3. The molecule has 5 heteroatoms. The van der Waals surface area contributed by atoms with Crippen LogP contribution in [0.4, 0.5) is 0 Å². The zero-order valence-corrected chi connectivity index (χ0v) is 10.2. The fourth-order valence-electron chi connectivity index (χ4n) is 2.07. The van der Waals surface area contributed by atoms with Crippen LogP contribution in [0.3, 0.4) is 0 Å². The van der Waals surface area contributed by atoms with Crippen molar-refractivity contribution in [3.05, 3.63) is 41.9 Å². The second-order valence-corrected chi connectivity index (χ2v) is 4.28. The Kier molecular flexibility index (Phi) is 2.26. The summed E-state index contributed by atoms with van der Waals surface area (Å²) in [5, 5.41) is 8.78. The Balaban J connectivity index is 2.18. The van der Waals surface area contributed by atoms with Crippen LogP contribution in [0.25, 0.3) is 16.8 Å². The number of aldehydes is 1. The summed E-state index contributed by atoms with van der Waals surface area (Å²) in [5.74, 6) is 0. The number of pyridine rings is 1. The Hall–Kier alpha value is -2.43. The lowest BCUT2D eigenvalue weighted by Gasteiger charge is -1.92. The first-order chi connectivity index (χ1) is 8.67. The molecule has 18 heavy (non-hydrogen) atoms. The molecule has 3 heterocycles. The highest BCUT2D eigenvalue weighted by Gasteiger charge is 2.10. The maximum Gasteiger partial charge on any atom is 0.150 e. The average Bonchev–Trinajstić information content (AvgIpc) is 2.90. The Morgan fingerprint density at radius 3 is 2.78 bits per heavy atom. The summed E-state index contributed by atoms with van der Waals surface area (Å²) < 4.78 is 3.53. The predicted molar refractivity (Wildman–Crippen MR) is 67.5 cm³/mol. The van der Waals surface area contributed by atoms with E-state index in [9.17, 15) is 4.79 Å². The van der Waals surface area contributed by atoms with Gasteiger partial charge in [-0.15, -0.1) is 0 Å². The molecule has 0 saturated heterocycles. The number of rotatable bonds is 2. The van der Waals surface area contributed by atoms with Gasteiger partial charge in [-0.25, -0.2) is 4.52 Å². The molecule has 0 aliphatic rings. The number of carbonyl (C=O) groups is 1. The third-order valence-electron chi connectivity index (χ3n) is 2.91. The van der Waals surface area contributed by atoms with E-state index in [4.69, 9.17) is 0 Å². The summed E-state index contributed by atoms with van der Waals surface area (Å²) in [5.41, 5.74) is 4.36. The van der Waals surface area contributed by atoms with Gasteiger partial charge in [0.05, 0.1) is 16.9 Å². The zero-order valence-electron chi connectivity index (χ0n) is 10.2. The highest BCUT2D eigenvalue weighted by molar-refractivity contribution is 5.78. The monoisotopic (exact) mass is 240 g/mol. The predicted octanol–water partition coefficient (Wildman–Crippen LogP) is 1.86. The highest BCUT2D eigenvalue weighted by atomic mass is 16.1. The third kappa shape index (κ3) is 1.60. The third-order valence-corrected chi connectivity index (χ3v) is 2.91. The van der Waals surface area contributed by atoms with Gasteiger partial charge in [0.2, 0.25) is 0 Å². The second kappa shape index (κ2) is 3.80. The number of carbonyl (C=O) groups excluding carboxylic acids is 1. The van der Waals surface area contributed by atoms with Crippen LogP contribution in [0, 0.1) is 6.92 Å². The Morgan fingerprint density at radius 1 is 1.28 bits per heavy atom. The van der Waals surface area contributed by atoms with Gasteiger partial charge in [-0.05, 0) is 25.1 Å². The van der Waals surface area contributed by atoms with Gasteiger partial charge in [-0.1, -0.05) is 0 Å². The lowest BCUT2D eigenvalue weighted by atomic mass is 10.2. The van der Waals surface area contributed by atoms with Crippen molar-refractivity contribution in [3.63, 3.8) is 0 Å². The number of hydrogen-bond donors (Lipinski definition) is 0. The first kappa shape index (κ1) is 10.7. The van der Waals surface area contributed by atoms with Gasteiger partial charge in [0.1, 0.15) is 6.29 Å². The summed E-state index contributed by atoms with van der Waals surface area (Å²) in [6.07, 6.45) is 4.56. The quantitative estimate of drug-likeness (QED) is 0.642. The Morgan fingerprint density at radius 2 is 2.11 bits per heavy atom. The summed E-state index contributed by atoms with van der Waals surface area (Å²) in [6, 6.07) is 5.51. The van der Waals surface area contributed by atoms with Crippen LogP contribution in [-0.4, -0.2) is 25.7 Å². The smallest absolute Gasteiger partial charge is 0.150 e. The molecule has 3 aromatic rings. The van der Waals surface area contributed by atoms with Gasteiger partial charge >= 0.3 is 0 Å². The van der Waals surface area contributed by atoms with Crippen LogP contribution in [0.15, 0.2) is 30.6 Å². The van der Waals surface area contributed by atoms with Crippen molar-refractivity contribution in [2.45, 2.75) is 6.92 Å². The van der Waals surface area contributed by atoms with Crippen molar-refractivity contribution >= 4 is 11.8 Å². The van der Waals surface area contributed by atoms with Crippen molar-refractivity contribution in [1.29, 1.82) is 0 Å². The molecule has 0 unspecified atom stereocenters. The van der Waals surface area contributed by atoms with Crippen molar-refractivity contribution in [2.24, 2.45) is 7.05 Å². The molecule has 5 nitrogen and oxygen atoms in total. The number of aryl methyl sites for hydroxylation is 2. The fraction of sp³-hybridized carbons (Fsp3) is 0.154. The van der Waals surface area contributed by atoms with E-state index in [2.05, 4.69) is 10.2 Å². The van der Waals surface area contributed by atoms with E-state index >= 15 is 0 Å². The molecule has 0 aliphatic heterocycles. The van der Waals surface area contributed by atoms with E-state index in [0.29, 0.717) is 5.56 Å². The largest absolute Gasteiger partial charge is 0.298 e. The summed E-state index contributed by atoms with van der Waals surface area (Å²) in [6.45, 7) is 1.95. The highest BCUT2D eigenvalue weighted by Crippen LogP contribution is 2.22. The lowest BCUT2D eigenvalue weighted by molar-refractivity contribution is 0.112. The molecule has 0 radical (unpaired) electrons. The first-order valence-electron chi connectivity index (χ1n) is 5.62. The number of fused-ring (bicyclic) bond motifs is 1. The molecule has 0 aromatic carbocycles. The molecule has 0 spiro atoms. The van der Waals surface area contributed by atoms with Crippen LogP contribution in [0.5, 0.6) is 0 Å². The maximum absolute atomic E-state index is 10.7. The fourth-order valence-corrected chi connectivity index (χ4v) is 2.07. The number of aromatic nitrogens is 4. The van der Waals surface area contributed by atoms with Crippen LogP contribution < -0.4 is 0 Å². The van der Waals surface area contributed by atoms with Crippen molar-refractivity contribution in [3.8, 4) is 11.3 Å². The molecule has 0 N–H and O–H groups in total. The van der Waals surface area contributed by atoms with Gasteiger partial charge < -0.3 is 0 Å². The van der Waals surface area contributed by atoms with Crippen molar-refractivity contribution in [1.82, 2.24) is 19.4 Å². The van der Waals surface area contributed by atoms with Crippen LogP contribution >= 0.6 is 0 Å². The minimum atomic E-state index is 0.650. The maximum atomic E-state index is 10.7. The summed E-state index contributed by atoms with van der Waals surface area (Å²) >= 11 is 0. The van der Waals surface area contributed by atoms with E-state index in [1.807, 2.05) is 32.3 Å². The van der Waals surface area contributed by atoms with Crippen LogP contribution in [0.1, 0.15) is 16.1 Å². The van der Waals surface area contributed by atoms with Gasteiger partial charge in [0, 0.05) is 30.6 Å². The average molecular weight is 240 g/mol. The topological polar surface area (TPSA) is 52.2 Å². The lowest BCUT2D eigenvalue weighted by Crippen LogP contribution is -1.88. The van der Waals surface area contributed by atoms with Crippen molar-refractivity contribution < 1.29 is 4.79 Å². The van der Waals surface area contributed by atoms with E-state index in [1.54, 1.807) is 21.5 Å². The zero-order chi connectivity index (χ0) is 12.7. The molecule has 0 bridgehead atoms. The molecular formula is C13H12N4O. The molecule has 3 aromatic heterocycles. The first-order valence-corrected chi connectivity index (χ1v) is 5.62. The minimum Gasteiger partial charge on any atom is -0.298 e. The van der Waals surface area contributed by atoms with E-state index in [0.717, 1.165) is 28.8 Å². The normalized spacial score (nSPS) is 11.0. The SMILES string of the molecule is Cc1nn(C)cc1-c1cc2cc(C=O)ccn2n1. The Labute approximate surface area is 104 Å². The molecule has 90 valence electrons. The number of nitrogens with zero attached hydrogens (tertiary/aromatic N) is 4. The van der Waals surface area contributed by atoms with Crippen LogP contribution in [0.2, 0.25) is 0 Å². The molecule has 3 rings (SSSR count). The van der Waals surface area contributed by atoms with E-state index < -0.39 is 0 Å². The summed E-state index contributed by atoms with van der Waals surface area (Å²) in [7, 11) is 1.89. The van der Waals surface area contributed by atoms with Gasteiger partial charge in [-0.3, -0.25) is 9.48 Å². The molecule has 0 amide bonds. The minimum absolute atomic E-state index is 0.650. The van der Waals surface area contributed by atoms with E-state index in [-0.39, 0.29) is 0 Å². The standard InChI is InChI=1S/C13H12N4O/c1-9-12(7-16(2)14-9)13-6-11-5-10(8-18)3-4-17(11)15-13/h3-8H,1-2H3. The van der Waals surface area contributed by atoms with Gasteiger partial charge in [0.15, 0.2) is 0 Å². The molecule has 0 aliphatic carbocycles.